The predicted molar refractivity (Wildman–Crippen MR) is 84.7 cm³/mol. The highest BCUT2D eigenvalue weighted by Crippen LogP contribution is 2.26. The van der Waals surface area contributed by atoms with E-state index in [-0.39, 0.29) is 0 Å². The van der Waals surface area contributed by atoms with E-state index < -0.39 is 0 Å². The highest BCUT2D eigenvalue weighted by molar-refractivity contribution is 6.42. The van der Waals surface area contributed by atoms with E-state index in [9.17, 15) is 0 Å². The van der Waals surface area contributed by atoms with E-state index in [4.69, 9.17) is 27.9 Å². The molecule has 0 amide bonds. The fourth-order valence-corrected chi connectivity index (χ4v) is 2.89. The number of hydrogen-bond donors (Lipinski definition) is 0. The van der Waals surface area contributed by atoms with E-state index in [1.807, 2.05) is 12.1 Å². The molecule has 0 radical (unpaired) electrons. The molecule has 0 bridgehead atoms. The van der Waals surface area contributed by atoms with Gasteiger partial charge in [-0.1, -0.05) is 35.3 Å². The van der Waals surface area contributed by atoms with Crippen LogP contribution in [0.2, 0.25) is 10.0 Å². The Labute approximate surface area is 131 Å². The Hall–Kier alpha value is -0.320. The van der Waals surface area contributed by atoms with Crippen LogP contribution in [-0.2, 0) is 11.3 Å². The average Bonchev–Trinajstić information content (AvgIpc) is 2.46. The third-order valence-corrected chi connectivity index (χ3v) is 4.57. The molecule has 5 heteroatoms. The van der Waals surface area contributed by atoms with Crippen LogP contribution in [0, 0.1) is 0 Å². The Kier molecular flexibility index (Phi) is 6.59. The molecule has 1 fully saturated rings. The molecule has 1 saturated heterocycles. The zero-order valence-electron chi connectivity index (χ0n) is 11.9. The average molecular weight is 317 g/mol. The zero-order chi connectivity index (χ0) is 14.4. The van der Waals surface area contributed by atoms with Gasteiger partial charge in [0, 0.05) is 53.0 Å². The molecule has 1 heterocycles. The minimum atomic E-state index is 0.641. The van der Waals surface area contributed by atoms with Gasteiger partial charge in [0.1, 0.15) is 0 Å². The van der Waals surface area contributed by atoms with Crippen molar-refractivity contribution in [3.63, 3.8) is 0 Å². The first-order valence-corrected chi connectivity index (χ1v) is 7.83. The van der Waals surface area contributed by atoms with Crippen molar-refractivity contribution in [1.82, 2.24) is 9.80 Å². The van der Waals surface area contributed by atoms with Crippen LogP contribution in [-0.4, -0.2) is 56.2 Å². The molecule has 3 nitrogen and oxygen atoms in total. The van der Waals surface area contributed by atoms with Gasteiger partial charge in [-0.05, 0) is 18.1 Å². The zero-order valence-corrected chi connectivity index (χ0v) is 13.5. The second kappa shape index (κ2) is 8.20. The molecule has 1 aliphatic heterocycles. The van der Waals surface area contributed by atoms with Gasteiger partial charge >= 0.3 is 0 Å². The summed E-state index contributed by atoms with van der Waals surface area (Å²) in [7, 11) is 1.76. The van der Waals surface area contributed by atoms with E-state index in [0.29, 0.717) is 10.0 Å². The summed E-state index contributed by atoms with van der Waals surface area (Å²) in [5.41, 5.74) is 1.12. The summed E-state index contributed by atoms with van der Waals surface area (Å²) in [5, 5.41) is 1.33. The van der Waals surface area contributed by atoms with Gasteiger partial charge in [0.2, 0.25) is 0 Å². The lowest BCUT2D eigenvalue weighted by molar-refractivity contribution is 0.113. The molecular weight excluding hydrogens is 295 g/mol. The summed E-state index contributed by atoms with van der Waals surface area (Å²) in [6, 6.07) is 5.85. The SMILES string of the molecule is COCCCN1CCN(Cc2cccc(Cl)c2Cl)CC1. The van der Waals surface area contributed by atoms with Crippen molar-refractivity contribution < 1.29 is 4.74 Å². The van der Waals surface area contributed by atoms with Crippen LogP contribution in [0.3, 0.4) is 0 Å². The van der Waals surface area contributed by atoms with Gasteiger partial charge in [-0.25, -0.2) is 0 Å². The smallest absolute Gasteiger partial charge is 0.0637 e. The third kappa shape index (κ3) is 4.61. The Morgan fingerprint density at radius 1 is 1.10 bits per heavy atom. The summed E-state index contributed by atoms with van der Waals surface area (Å²) >= 11 is 12.3. The monoisotopic (exact) mass is 316 g/mol. The summed E-state index contributed by atoms with van der Waals surface area (Å²) in [6.07, 6.45) is 1.11. The number of nitrogens with zero attached hydrogens (tertiary/aromatic N) is 2. The molecule has 0 saturated carbocycles. The first-order chi connectivity index (χ1) is 9.70. The van der Waals surface area contributed by atoms with Crippen LogP contribution >= 0.6 is 23.2 Å². The fourth-order valence-electron chi connectivity index (χ4n) is 2.51. The molecule has 0 aliphatic carbocycles. The largest absolute Gasteiger partial charge is 0.385 e. The van der Waals surface area contributed by atoms with Crippen molar-refractivity contribution >= 4 is 23.2 Å². The van der Waals surface area contributed by atoms with Crippen molar-refractivity contribution in [1.29, 1.82) is 0 Å². The number of piperazine rings is 1. The van der Waals surface area contributed by atoms with Crippen molar-refractivity contribution in [3.8, 4) is 0 Å². The Morgan fingerprint density at radius 2 is 1.80 bits per heavy atom. The molecule has 0 N–H and O–H groups in total. The molecule has 0 atom stereocenters. The van der Waals surface area contributed by atoms with E-state index >= 15 is 0 Å². The predicted octanol–water partition coefficient (Wildman–Crippen LogP) is 3.15. The summed E-state index contributed by atoms with van der Waals surface area (Å²) in [4.78, 5) is 4.93. The van der Waals surface area contributed by atoms with Crippen LogP contribution in [0.15, 0.2) is 18.2 Å². The van der Waals surface area contributed by atoms with Crippen LogP contribution in [0.1, 0.15) is 12.0 Å². The molecule has 20 heavy (non-hydrogen) atoms. The summed E-state index contributed by atoms with van der Waals surface area (Å²) in [6.45, 7) is 7.23. The topological polar surface area (TPSA) is 15.7 Å². The van der Waals surface area contributed by atoms with E-state index in [1.54, 1.807) is 7.11 Å². The van der Waals surface area contributed by atoms with Crippen molar-refractivity contribution in [2.24, 2.45) is 0 Å². The van der Waals surface area contributed by atoms with Crippen LogP contribution in [0.25, 0.3) is 0 Å². The summed E-state index contributed by atoms with van der Waals surface area (Å²) < 4.78 is 5.09. The van der Waals surface area contributed by atoms with Gasteiger partial charge in [0.15, 0.2) is 0 Å². The van der Waals surface area contributed by atoms with Crippen molar-refractivity contribution in [3.05, 3.63) is 33.8 Å². The van der Waals surface area contributed by atoms with Gasteiger partial charge in [0.05, 0.1) is 10.0 Å². The lowest BCUT2D eigenvalue weighted by Crippen LogP contribution is -2.46. The molecule has 1 aliphatic rings. The quantitative estimate of drug-likeness (QED) is 0.750. The minimum absolute atomic E-state index is 0.641. The first-order valence-electron chi connectivity index (χ1n) is 7.07. The van der Waals surface area contributed by atoms with Gasteiger partial charge < -0.3 is 9.64 Å². The van der Waals surface area contributed by atoms with Gasteiger partial charge in [-0.3, -0.25) is 4.90 Å². The Bertz CT molecular complexity index is 420. The second-order valence-electron chi connectivity index (χ2n) is 5.18. The highest BCUT2D eigenvalue weighted by atomic mass is 35.5. The Balaban J connectivity index is 1.78. The number of halogens is 2. The number of benzene rings is 1. The number of methoxy groups -OCH3 is 1. The summed E-state index contributed by atoms with van der Waals surface area (Å²) in [5.74, 6) is 0. The molecule has 1 aromatic carbocycles. The maximum Gasteiger partial charge on any atom is 0.0637 e. The van der Waals surface area contributed by atoms with Gasteiger partial charge in [-0.2, -0.15) is 0 Å². The first kappa shape index (κ1) is 16.1. The fraction of sp³-hybridized carbons (Fsp3) is 0.600. The maximum atomic E-state index is 6.24. The van der Waals surface area contributed by atoms with Gasteiger partial charge in [0.25, 0.3) is 0 Å². The van der Waals surface area contributed by atoms with Crippen LogP contribution in [0.5, 0.6) is 0 Å². The molecule has 0 unspecified atom stereocenters. The van der Waals surface area contributed by atoms with E-state index in [0.717, 1.165) is 57.9 Å². The standard InChI is InChI=1S/C15H22Cl2N2O/c1-20-11-3-6-18-7-9-19(10-8-18)12-13-4-2-5-14(16)15(13)17/h2,4-5H,3,6-12H2,1H3. The number of rotatable bonds is 6. The Morgan fingerprint density at radius 3 is 2.50 bits per heavy atom. The lowest BCUT2D eigenvalue weighted by atomic mass is 10.2. The molecule has 0 spiro atoms. The molecule has 2 rings (SSSR count). The van der Waals surface area contributed by atoms with Gasteiger partial charge in [-0.15, -0.1) is 0 Å². The second-order valence-corrected chi connectivity index (χ2v) is 5.96. The van der Waals surface area contributed by atoms with Crippen LogP contribution in [0.4, 0.5) is 0 Å². The molecule has 0 aromatic heterocycles. The molecule has 1 aromatic rings. The lowest BCUT2D eigenvalue weighted by Gasteiger charge is -2.34. The number of hydrogen-bond acceptors (Lipinski definition) is 3. The normalized spacial score (nSPS) is 17.6. The molecular formula is C15H22Cl2N2O. The van der Waals surface area contributed by atoms with E-state index in [2.05, 4.69) is 15.9 Å². The third-order valence-electron chi connectivity index (χ3n) is 3.71. The van der Waals surface area contributed by atoms with Crippen molar-refractivity contribution in [2.45, 2.75) is 13.0 Å². The minimum Gasteiger partial charge on any atom is -0.385 e. The molecule has 112 valence electrons. The van der Waals surface area contributed by atoms with Crippen molar-refractivity contribution in [2.75, 3.05) is 46.4 Å². The maximum absolute atomic E-state index is 6.24. The van der Waals surface area contributed by atoms with E-state index in [1.165, 1.54) is 0 Å². The van der Waals surface area contributed by atoms with Crippen LogP contribution < -0.4 is 0 Å². The highest BCUT2D eigenvalue weighted by Gasteiger charge is 2.17. The number of ether oxygens (including phenoxy) is 1.